The molecule has 8 heteroatoms. The molecule has 18 heavy (non-hydrogen) atoms. The SMILES string of the molecule is CNCc1nnnn1-c1cccc([N+](=O)[O-])c1C. The number of nitrogens with zero attached hydrogens (tertiary/aromatic N) is 5. The molecule has 0 fully saturated rings. The van der Waals surface area contributed by atoms with Crippen molar-refractivity contribution in [3.63, 3.8) is 0 Å². The summed E-state index contributed by atoms with van der Waals surface area (Å²) in [6.45, 7) is 2.16. The van der Waals surface area contributed by atoms with Gasteiger partial charge in [-0.25, -0.2) is 0 Å². The maximum absolute atomic E-state index is 10.9. The lowest BCUT2D eigenvalue weighted by Gasteiger charge is -2.07. The lowest BCUT2D eigenvalue weighted by molar-refractivity contribution is -0.385. The van der Waals surface area contributed by atoms with E-state index < -0.39 is 4.92 Å². The van der Waals surface area contributed by atoms with Crippen LogP contribution in [0, 0.1) is 17.0 Å². The van der Waals surface area contributed by atoms with E-state index >= 15 is 0 Å². The van der Waals surface area contributed by atoms with E-state index in [-0.39, 0.29) is 5.69 Å². The fourth-order valence-corrected chi connectivity index (χ4v) is 1.70. The Balaban J connectivity index is 2.54. The largest absolute Gasteiger partial charge is 0.313 e. The quantitative estimate of drug-likeness (QED) is 0.628. The molecule has 0 amide bonds. The third-order valence-corrected chi connectivity index (χ3v) is 2.57. The number of benzene rings is 1. The second-order valence-electron chi connectivity index (χ2n) is 3.72. The van der Waals surface area contributed by atoms with Crippen molar-refractivity contribution < 1.29 is 4.92 Å². The topological polar surface area (TPSA) is 98.8 Å². The highest BCUT2D eigenvalue weighted by atomic mass is 16.6. The van der Waals surface area contributed by atoms with Gasteiger partial charge in [0.2, 0.25) is 0 Å². The highest BCUT2D eigenvalue weighted by molar-refractivity contribution is 5.52. The lowest BCUT2D eigenvalue weighted by atomic mass is 10.1. The predicted octanol–water partition coefficient (Wildman–Crippen LogP) is 0.598. The molecule has 0 aliphatic carbocycles. The first-order valence-corrected chi connectivity index (χ1v) is 5.31. The summed E-state index contributed by atoms with van der Waals surface area (Å²) < 4.78 is 1.50. The van der Waals surface area contributed by atoms with E-state index in [0.717, 1.165) is 0 Å². The summed E-state index contributed by atoms with van der Waals surface area (Å²) in [6.07, 6.45) is 0. The molecule has 2 aromatic rings. The number of hydrogen-bond donors (Lipinski definition) is 1. The Kier molecular flexibility index (Phi) is 3.28. The van der Waals surface area contributed by atoms with E-state index in [9.17, 15) is 10.1 Å². The molecule has 0 aliphatic heterocycles. The molecule has 2 rings (SSSR count). The first-order chi connectivity index (χ1) is 8.65. The average molecular weight is 248 g/mol. The van der Waals surface area contributed by atoms with Gasteiger partial charge >= 0.3 is 0 Å². The predicted molar refractivity (Wildman–Crippen MR) is 63.3 cm³/mol. The molecule has 1 aromatic heterocycles. The van der Waals surface area contributed by atoms with Crippen LogP contribution in [0.2, 0.25) is 0 Å². The Labute approximate surface area is 103 Å². The lowest BCUT2D eigenvalue weighted by Crippen LogP contribution is -2.13. The monoisotopic (exact) mass is 248 g/mol. The molecular formula is C10H12N6O2. The van der Waals surface area contributed by atoms with Crippen LogP contribution in [0.3, 0.4) is 0 Å². The van der Waals surface area contributed by atoms with Gasteiger partial charge in [0.15, 0.2) is 5.82 Å². The minimum atomic E-state index is -0.416. The summed E-state index contributed by atoms with van der Waals surface area (Å²) in [5.74, 6) is 0.598. The van der Waals surface area contributed by atoms with Crippen LogP contribution in [0.25, 0.3) is 5.69 Å². The summed E-state index contributed by atoms with van der Waals surface area (Å²) in [4.78, 5) is 10.5. The van der Waals surface area contributed by atoms with Crippen molar-refractivity contribution in [2.75, 3.05) is 7.05 Å². The third-order valence-electron chi connectivity index (χ3n) is 2.57. The molecule has 0 atom stereocenters. The number of aromatic nitrogens is 4. The molecule has 1 heterocycles. The van der Waals surface area contributed by atoms with Gasteiger partial charge in [-0.15, -0.1) is 5.10 Å². The fraction of sp³-hybridized carbons (Fsp3) is 0.300. The van der Waals surface area contributed by atoms with Crippen molar-refractivity contribution in [3.8, 4) is 5.69 Å². The minimum Gasteiger partial charge on any atom is -0.313 e. The van der Waals surface area contributed by atoms with Crippen molar-refractivity contribution in [2.45, 2.75) is 13.5 Å². The highest BCUT2D eigenvalue weighted by Gasteiger charge is 2.17. The minimum absolute atomic E-state index is 0.0541. The zero-order chi connectivity index (χ0) is 13.1. The van der Waals surface area contributed by atoms with Crippen molar-refractivity contribution in [1.29, 1.82) is 0 Å². The van der Waals surface area contributed by atoms with Gasteiger partial charge in [0.05, 0.1) is 22.7 Å². The number of tetrazole rings is 1. The molecule has 1 aromatic carbocycles. The Morgan fingerprint density at radius 1 is 1.50 bits per heavy atom. The fourth-order valence-electron chi connectivity index (χ4n) is 1.70. The van der Waals surface area contributed by atoms with Crippen LogP contribution in [-0.2, 0) is 6.54 Å². The van der Waals surface area contributed by atoms with Crippen LogP contribution in [-0.4, -0.2) is 32.2 Å². The number of hydrogen-bond acceptors (Lipinski definition) is 6. The van der Waals surface area contributed by atoms with Crippen LogP contribution in [0.15, 0.2) is 18.2 Å². The van der Waals surface area contributed by atoms with Crippen LogP contribution in [0.5, 0.6) is 0 Å². The van der Waals surface area contributed by atoms with Gasteiger partial charge in [-0.3, -0.25) is 10.1 Å². The van der Waals surface area contributed by atoms with Gasteiger partial charge in [-0.1, -0.05) is 6.07 Å². The van der Waals surface area contributed by atoms with E-state index in [1.165, 1.54) is 10.7 Å². The van der Waals surface area contributed by atoms with Gasteiger partial charge in [-0.2, -0.15) is 4.68 Å². The van der Waals surface area contributed by atoms with Crippen LogP contribution in [0.1, 0.15) is 11.4 Å². The summed E-state index contributed by atoms with van der Waals surface area (Å²) in [5, 5.41) is 25.1. The zero-order valence-corrected chi connectivity index (χ0v) is 9.99. The van der Waals surface area contributed by atoms with E-state index in [1.807, 2.05) is 0 Å². The molecule has 0 spiro atoms. The smallest absolute Gasteiger partial charge is 0.274 e. The molecule has 0 saturated carbocycles. The molecular weight excluding hydrogens is 236 g/mol. The van der Waals surface area contributed by atoms with Gasteiger partial charge < -0.3 is 5.32 Å². The van der Waals surface area contributed by atoms with Crippen molar-refractivity contribution >= 4 is 5.69 Å². The molecule has 0 unspecified atom stereocenters. The van der Waals surface area contributed by atoms with Gasteiger partial charge in [-0.05, 0) is 30.5 Å². The summed E-state index contributed by atoms with van der Waals surface area (Å²) in [6, 6.07) is 4.82. The second kappa shape index (κ2) is 4.88. The maximum atomic E-state index is 10.9. The first-order valence-electron chi connectivity index (χ1n) is 5.31. The van der Waals surface area contributed by atoms with Gasteiger partial charge in [0.1, 0.15) is 0 Å². The Morgan fingerprint density at radius 3 is 2.94 bits per heavy atom. The summed E-state index contributed by atoms with van der Waals surface area (Å²) in [5.41, 5.74) is 1.20. The Bertz CT molecular complexity index is 579. The molecule has 0 aliphatic rings. The van der Waals surface area contributed by atoms with E-state index in [0.29, 0.717) is 23.6 Å². The number of nitro benzene ring substituents is 1. The number of nitro groups is 1. The van der Waals surface area contributed by atoms with E-state index in [1.54, 1.807) is 26.1 Å². The van der Waals surface area contributed by atoms with Crippen LogP contribution >= 0.6 is 0 Å². The highest BCUT2D eigenvalue weighted by Crippen LogP contribution is 2.23. The van der Waals surface area contributed by atoms with Gasteiger partial charge in [0.25, 0.3) is 5.69 Å². The van der Waals surface area contributed by atoms with Crippen LogP contribution < -0.4 is 5.32 Å². The van der Waals surface area contributed by atoms with E-state index in [4.69, 9.17) is 0 Å². The second-order valence-corrected chi connectivity index (χ2v) is 3.72. The average Bonchev–Trinajstić information content (AvgIpc) is 2.77. The van der Waals surface area contributed by atoms with Crippen molar-refractivity contribution in [2.24, 2.45) is 0 Å². The normalized spacial score (nSPS) is 10.6. The maximum Gasteiger partial charge on any atom is 0.274 e. The zero-order valence-electron chi connectivity index (χ0n) is 9.99. The molecule has 0 saturated heterocycles. The number of rotatable bonds is 4. The van der Waals surface area contributed by atoms with Crippen molar-refractivity contribution in [1.82, 2.24) is 25.5 Å². The molecule has 94 valence electrons. The molecule has 8 nitrogen and oxygen atoms in total. The third kappa shape index (κ3) is 2.05. The summed E-state index contributed by atoms with van der Waals surface area (Å²) in [7, 11) is 1.78. The molecule has 0 radical (unpaired) electrons. The molecule has 0 bridgehead atoms. The Morgan fingerprint density at radius 2 is 2.28 bits per heavy atom. The van der Waals surface area contributed by atoms with Crippen molar-refractivity contribution in [3.05, 3.63) is 39.7 Å². The standard InChI is InChI=1S/C10H12N6O2/c1-7-8(4-3-5-9(7)16(17)18)15-10(6-11-2)12-13-14-15/h3-5,11H,6H2,1-2H3. The number of nitrogens with one attached hydrogen (secondary N) is 1. The molecule has 1 N–H and O–H groups in total. The van der Waals surface area contributed by atoms with Crippen LogP contribution in [0.4, 0.5) is 5.69 Å². The van der Waals surface area contributed by atoms with E-state index in [2.05, 4.69) is 20.8 Å². The summed E-state index contributed by atoms with van der Waals surface area (Å²) >= 11 is 0. The first kappa shape index (κ1) is 12.1. The van der Waals surface area contributed by atoms with Gasteiger partial charge in [0, 0.05) is 6.07 Å². The Hall–Kier alpha value is -2.35.